The lowest BCUT2D eigenvalue weighted by molar-refractivity contribution is -0.171. The van der Waals surface area contributed by atoms with Gasteiger partial charge >= 0.3 is 6.03 Å². The van der Waals surface area contributed by atoms with Crippen LogP contribution in [0.3, 0.4) is 0 Å². The number of aromatic nitrogens is 2. The van der Waals surface area contributed by atoms with E-state index in [2.05, 4.69) is 29.5 Å². The fraction of sp³-hybridized carbons (Fsp3) is 0.542. The number of amides is 3. The number of rotatable bonds is 5. The topological polar surface area (TPSA) is 88.5 Å². The van der Waals surface area contributed by atoms with Crippen molar-refractivity contribution in [2.24, 2.45) is 5.92 Å². The molecular formula is C24H33N5O3. The van der Waals surface area contributed by atoms with Crippen molar-refractivity contribution in [3.05, 3.63) is 53.6 Å². The number of carbonyl (C=O) groups excluding carboxylic acids is 2. The standard InChI is InChI=1S/C24H33N5O3/c1-17(2)14-26-21(30)20-16-29-13-10-25-22(29)24(32-20)8-11-28(12-9-24)23(31)27-15-19-7-5-4-6-18(19)3/h4-7,10,13,17,20H,8-9,11-12,14-16H2,1-3H3,(H,26,30)(H,27,31). The lowest BCUT2D eigenvalue weighted by atomic mass is 9.88. The molecule has 32 heavy (non-hydrogen) atoms. The van der Waals surface area contributed by atoms with E-state index in [9.17, 15) is 9.59 Å². The van der Waals surface area contributed by atoms with E-state index in [4.69, 9.17) is 4.74 Å². The number of urea groups is 1. The van der Waals surface area contributed by atoms with Gasteiger partial charge in [0.05, 0.1) is 6.54 Å². The first-order chi connectivity index (χ1) is 15.4. The predicted molar refractivity (Wildman–Crippen MR) is 121 cm³/mol. The number of nitrogens with zero attached hydrogens (tertiary/aromatic N) is 3. The van der Waals surface area contributed by atoms with Crippen molar-refractivity contribution >= 4 is 11.9 Å². The van der Waals surface area contributed by atoms with Crippen LogP contribution in [0.2, 0.25) is 0 Å². The van der Waals surface area contributed by atoms with Crippen LogP contribution in [0.1, 0.15) is 43.6 Å². The van der Waals surface area contributed by atoms with Crippen molar-refractivity contribution < 1.29 is 14.3 Å². The number of fused-ring (bicyclic) bond motifs is 2. The Bertz CT molecular complexity index is 962. The molecule has 1 spiro atoms. The van der Waals surface area contributed by atoms with Crippen molar-refractivity contribution in [1.82, 2.24) is 25.1 Å². The number of imidazole rings is 1. The van der Waals surface area contributed by atoms with Crippen molar-refractivity contribution in [1.29, 1.82) is 0 Å². The minimum atomic E-state index is -0.644. The second kappa shape index (κ2) is 9.32. The number of aryl methyl sites for hydroxylation is 1. The Morgan fingerprint density at radius 2 is 1.97 bits per heavy atom. The smallest absolute Gasteiger partial charge is 0.317 e. The zero-order valence-corrected chi connectivity index (χ0v) is 19.1. The molecule has 1 aromatic carbocycles. The predicted octanol–water partition coefficient (Wildman–Crippen LogP) is 2.56. The molecule has 0 saturated carbocycles. The molecule has 3 amide bonds. The first-order valence-corrected chi connectivity index (χ1v) is 11.4. The van der Waals surface area contributed by atoms with E-state index >= 15 is 0 Å². The van der Waals surface area contributed by atoms with E-state index in [-0.39, 0.29) is 11.9 Å². The van der Waals surface area contributed by atoms with Gasteiger partial charge in [0.1, 0.15) is 11.4 Å². The average molecular weight is 440 g/mol. The highest BCUT2D eigenvalue weighted by atomic mass is 16.5. The minimum Gasteiger partial charge on any atom is -0.354 e. The summed E-state index contributed by atoms with van der Waals surface area (Å²) in [6.45, 7) is 8.86. The maximum absolute atomic E-state index is 12.8. The van der Waals surface area contributed by atoms with E-state index in [0.29, 0.717) is 51.5 Å². The lowest BCUT2D eigenvalue weighted by Gasteiger charge is -2.45. The van der Waals surface area contributed by atoms with Gasteiger partial charge in [-0.1, -0.05) is 38.1 Å². The van der Waals surface area contributed by atoms with Gasteiger partial charge in [0.25, 0.3) is 5.91 Å². The van der Waals surface area contributed by atoms with Crippen molar-refractivity contribution in [3.63, 3.8) is 0 Å². The summed E-state index contributed by atoms with van der Waals surface area (Å²) in [5.74, 6) is 1.14. The van der Waals surface area contributed by atoms with Crippen LogP contribution >= 0.6 is 0 Å². The number of hydrogen-bond donors (Lipinski definition) is 2. The highest BCUT2D eigenvalue weighted by Crippen LogP contribution is 2.40. The van der Waals surface area contributed by atoms with E-state index in [1.165, 1.54) is 0 Å². The third-order valence-corrected chi connectivity index (χ3v) is 6.38. The lowest BCUT2D eigenvalue weighted by Crippen LogP contribution is -2.55. The Kier molecular flexibility index (Phi) is 6.50. The van der Waals surface area contributed by atoms with Crippen LogP contribution < -0.4 is 10.6 Å². The SMILES string of the molecule is Cc1ccccc1CNC(=O)N1CCC2(CC1)OC(C(=O)NCC(C)C)Cn1ccnc12. The molecule has 3 heterocycles. The molecule has 1 aromatic heterocycles. The fourth-order valence-corrected chi connectivity index (χ4v) is 4.46. The summed E-state index contributed by atoms with van der Waals surface area (Å²) in [4.78, 5) is 31.9. The Morgan fingerprint density at radius 1 is 1.22 bits per heavy atom. The molecule has 1 atom stereocenters. The first-order valence-electron chi connectivity index (χ1n) is 11.4. The van der Waals surface area contributed by atoms with Crippen LogP contribution in [-0.2, 0) is 28.2 Å². The monoisotopic (exact) mass is 439 g/mol. The highest BCUT2D eigenvalue weighted by molar-refractivity contribution is 5.81. The molecule has 2 aliphatic heterocycles. The van der Waals surface area contributed by atoms with Gasteiger partial charge < -0.3 is 24.8 Å². The quantitative estimate of drug-likeness (QED) is 0.750. The van der Waals surface area contributed by atoms with Gasteiger partial charge in [0.2, 0.25) is 0 Å². The van der Waals surface area contributed by atoms with E-state index in [1.54, 1.807) is 6.20 Å². The van der Waals surface area contributed by atoms with E-state index < -0.39 is 11.7 Å². The largest absolute Gasteiger partial charge is 0.354 e. The molecule has 8 nitrogen and oxygen atoms in total. The Labute approximate surface area is 189 Å². The average Bonchev–Trinajstić information content (AvgIpc) is 3.27. The Morgan fingerprint density at radius 3 is 2.69 bits per heavy atom. The molecule has 8 heteroatoms. The summed E-state index contributed by atoms with van der Waals surface area (Å²) in [7, 11) is 0. The van der Waals surface area contributed by atoms with Crippen LogP contribution in [0.4, 0.5) is 4.79 Å². The number of nitrogens with one attached hydrogen (secondary N) is 2. The van der Waals surface area contributed by atoms with Gasteiger partial charge in [0, 0.05) is 51.4 Å². The van der Waals surface area contributed by atoms with Gasteiger partial charge in [-0.2, -0.15) is 0 Å². The summed E-state index contributed by atoms with van der Waals surface area (Å²) >= 11 is 0. The second-order valence-corrected chi connectivity index (χ2v) is 9.22. The molecule has 4 rings (SSSR count). The number of benzene rings is 1. The maximum Gasteiger partial charge on any atom is 0.317 e. The molecule has 172 valence electrons. The number of likely N-dealkylation sites (tertiary alicyclic amines) is 1. The van der Waals surface area contributed by atoms with Crippen LogP contribution in [0.25, 0.3) is 0 Å². The molecule has 0 radical (unpaired) electrons. The van der Waals surface area contributed by atoms with Gasteiger partial charge in [-0.15, -0.1) is 0 Å². The van der Waals surface area contributed by atoms with Crippen molar-refractivity contribution in [2.75, 3.05) is 19.6 Å². The number of hydrogen-bond acceptors (Lipinski definition) is 4. The van der Waals surface area contributed by atoms with Crippen molar-refractivity contribution in [3.8, 4) is 0 Å². The van der Waals surface area contributed by atoms with Gasteiger partial charge in [-0.05, 0) is 24.0 Å². The highest BCUT2D eigenvalue weighted by Gasteiger charge is 2.47. The molecule has 0 bridgehead atoms. The minimum absolute atomic E-state index is 0.0755. The van der Waals surface area contributed by atoms with Gasteiger partial charge in [-0.25, -0.2) is 9.78 Å². The second-order valence-electron chi connectivity index (χ2n) is 9.22. The first kappa shape index (κ1) is 22.3. The summed E-state index contributed by atoms with van der Waals surface area (Å²) in [5.41, 5.74) is 1.63. The fourth-order valence-electron chi connectivity index (χ4n) is 4.46. The normalized spacial score (nSPS) is 19.6. The molecule has 1 unspecified atom stereocenters. The summed E-state index contributed by atoms with van der Waals surface area (Å²) in [5, 5.41) is 6.02. The zero-order chi connectivity index (χ0) is 22.7. The zero-order valence-electron chi connectivity index (χ0n) is 19.1. The molecule has 2 aromatic rings. The molecule has 2 aliphatic rings. The number of ether oxygens (including phenoxy) is 1. The van der Waals surface area contributed by atoms with Crippen LogP contribution in [-0.4, -0.2) is 52.1 Å². The third kappa shape index (κ3) is 4.65. The number of piperidine rings is 1. The molecule has 0 aliphatic carbocycles. The van der Waals surface area contributed by atoms with Gasteiger partial charge in [0.15, 0.2) is 6.10 Å². The van der Waals surface area contributed by atoms with Crippen LogP contribution in [0, 0.1) is 12.8 Å². The summed E-state index contributed by atoms with van der Waals surface area (Å²) in [6, 6.07) is 7.97. The molecule has 1 saturated heterocycles. The third-order valence-electron chi connectivity index (χ3n) is 6.38. The summed E-state index contributed by atoms with van der Waals surface area (Å²) < 4.78 is 8.44. The molecule has 1 fully saturated rings. The molecular weight excluding hydrogens is 406 g/mol. The Hall–Kier alpha value is -2.87. The molecule has 2 N–H and O–H groups in total. The van der Waals surface area contributed by atoms with Crippen molar-refractivity contribution in [2.45, 2.75) is 58.4 Å². The Balaban J connectivity index is 1.39. The maximum atomic E-state index is 12.8. The number of carbonyl (C=O) groups is 2. The van der Waals surface area contributed by atoms with Crippen LogP contribution in [0.5, 0.6) is 0 Å². The van der Waals surface area contributed by atoms with E-state index in [0.717, 1.165) is 17.0 Å². The van der Waals surface area contributed by atoms with Crippen LogP contribution in [0.15, 0.2) is 36.7 Å². The van der Waals surface area contributed by atoms with Gasteiger partial charge in [-0.3, -0.25) is 4.79 Å². The summed E-state index contributed by atoms with van der Waals surface area (Å²) in [6.07, 6.45) is 4.32. The van der Waals surface area contributed by atoms with E-state index in [1.807, 2.05) is 46.9 Å².